The van der Waals surface area contributed by atoms with Crippen molar-refractivity contribution in [1.82, 2.24) is 0 Å². The molecule has 1 radical (unpaired) electrons. The van der Waals surface area contributed by atoms with E-state index in [0.717, 1.165) is 0 Å². The summed E-state index contributed by atoms with van der Waals surface area (Å²) in [5, 5.41) is 0. The third kappa shape index (κ3) is 5.75. The highest BCUT2D eigenvalue weighted by atomic mass is 28.3. The molecule has 0 N–H and O–H groups in total. The molecule has 0 saturated carbocycles. The molecule has 0 aromatic heterocycles. The minimum absolute atomic E-state index is 0.676. The lowest BCUT2D eigenvalue weighted by atomic mass is 10.8. The molecule has 0 bridgehead atoms. The summed E-state index contributed by atoms with van der Waals surface area (Å²) in [5.74, 6) is 0. The van der Waals surface area contributed by atoms with Crippen molar-refractivity contribution in [2.75, 3.05) is 20.3 Å². The molecule has 0 atom stereocenters. The van der Waals surface area contributed by atoms with Gasteiger partial charge in [0.05, 0.1) is 13.2 Å². The zero-order chi connectivity index (χ0) is 7.11. The molecule has 0 aromatic rings. The van der Waals surface area contributed by atoms with Gasteiger partial charge >= 0.3 is 0 Å². The number of hydrogen-bond acceptors (Lipinski definition) is 2. The Bertz CT molecular complexity index is 75.5. The quantitative estimate of drug-likeness (QED) is 0.424. The van der Waals surface area contributed by atoms with Crippen LogP contribution in [0.5, 0.6) is 0 Å². The number of hydrogen-bond donors (Lipinski definition) is 0. The maximum absolute atomic E-state index is 5.29. The van der Waals surface area contributed by atoms with Crippen LogP contribution in [0, 0.1) is 0 Å². The summed E-state index contributed by atoms with van der Waals surface area (Å²) in [6, 6.07) is 0. The molecule has 0 amide bonds. The molecule has 9 heavy (non-hydrogen) atoms. The third-order valence-electron chi connectivity index (χ3n) is 0.905. The molecule has 0 unspecified atom stereocenters. The van der Waals surface area contributed by atoms with Gasteiger partial charge < -0.3 is 9.16 Å². The summed E-state index contributed by atoms with van der Waals surface area (Å²) in [6.07, 6.45) is 0. The highest BCUT2D eigenvalue weighted by molar-refractivity contribution is 6.55. The molecule has 0 rings (SSSR count). The first-order valence-electron chi connectivity index (χ1n) is 2.89. The van der Waals surface area contributed by atoms with E-state index in [2.05, 4.69) is 6.58 Å². The van der Waals surface area contributed by atoms with Gasteiger partial charge in [-0.05, 0) is 6.55 Å². The fourth-order valence-electron chi connectivity index (χ4n) is 0.345. The van der Waals surface area contributed by atoms with Crippen LogP contribution in [0.4, 0.5) is 0 Å². The van der Waals surface area contributed by atoms with Gasteiger partial charge in [-0.2, -0.15) is 0 Å². The maximum atomic E-state index is 5.29. The second-order valence-corrected chi connectivity index (χ2v) is 3.57. The van der Waals surface area contributed by atoms with Crippen molar-refractivity contribution in [3.05, 3.63) is 12.3 Å². The molecule has 0 aliphatic carbocycles. The van der Waals surface area contributed by atoms with E-state index in [1.807, 2.05) is 12.2 Å². The maximum Gasteiger partial charge on any atom is 0.235 e. The lowest BCUT2D eigenvalue weighted by molar-refractivity contribution is 0.147. The van der Waals surface area contributed by atoms with Gasteiger partial charge in [-0.25, -0.2) is 0 Å². The smallest absolute Gasteiger partial charge is 0.235 e. The summed E-state index contributed by atoms with van der Waals surface area (Å²) in [6.45, 7) is 7.03. The zero-order valence-electron chi connectivity index (χ0n) is 6.02. The van der Waals surface area contributed by atoms with Crippen molar-refractivity contribution in [2.24, 2.45) is 0 Å². The molecular formula is C6H13O2Si. The van der Waals surface area contributed by atoms with Gasteiger partial charge in [-0.3, -0.25) is 0 Å². The normalized spacial score (nSPS) is 10.1. The van der Waals surface area contributed by atoms with Gasteiger partial charge in [0.2, 0.25) is 9.04 Å². The van der Waals surface area contributed by atoms with Gasteiger partial charge in [0.1, 0.15) is 0 Å². The van der Waals surface area contributed by atoms with Crippen LogP contribution in [0.1, 0.15) is 0 Å². The SMILES string of the molecule is C=C[Si](C)OCCOC. The Morgan fingerprint density at radius 1 is 1.56 bits per heavy atom. The number of rotatable bonds is 5. The van der Waals surface area contributed by atoms with E-state index in [0.29, 0.717) is 13.2 Å². The van der Waals surface area contributed by atoms with E-state index >= 15 is 0 Å². The number of methoxy groups -OCH3 is 1. The Kier molecular flexibility index (Phi) is 5.92. The molecule has 3 heteroatoms. The largest absolute Gasteiger partial charge is 0.410 e. The van der Waals surface area contributed by atoms with Crippen LogP contribution in [0.2, 0.25) is 6.55 Å². The molecule has 0 heterocycles. The van der Waals surface area contributed by atoms with Crippen LogP contribution in [-0.2, 0) is 9.16 Å². The Labute approximate surface area is 58.2 Å². The van der Waals surface area contributed by atoms with E-state index in [9.17, 15) is 0 Å². The Hall–Kier alpha value is -0.123. The molecule has 0 aromatic carbocycles. The second kappa shape index (κ2) is 6.00. The lowest BCUT2D eigenvalue weighted by Gasteiger charge is -2.03. The van der Waals surface area contributed by atoms with E-state index in [1.54, 1.807) is 7.11 Å². The Balaban J connectivity index is 2.96. The van der Waals surface area contributed by atoms with Crippen LogP contribution in [0.25, 0.3) is 0 Å². The van der Waals surface area contributed by atoms with Crippen LogP contribution >= 0.6 is 0 Å². The molecule has 53 valence electrons. The van der Waals surface area contributed by atoms with Crippen LogP contribution in [-0.4, -0.2) is 29.4 Å². The van der Waals surface area contributed by atoms with Gasteiger partial charge in [0, 0.05) is 7.11 Å². The molecule has 0 aliphatic rings. The van der Waals surface area contributed by atoms with Crippen molar-refractivity contribution < 1.29 is 9.16 Å². The topological polar surface area (TPSA) is 18.5 Å². The van der Waals surface area contributed by atoms with Gasteiger partial charge in [0.25, 0.3) is 0 Å². The van der Waals surface area contributed by atoms with Crippen LogP contribution < -0.4 is 0 Å². The van der Waals surface area contributed by atoms with E-state index in [-0.39, 0.29) is 0 Å². The summed E-state index contributed by atoms with van der Waals surface area (Å²) in [5.41, 5.74) is 1.86. The molecule has 0 saturated heterocycles. The summed E-state index contributed by atoms with van der Waals surface area (Å²) < 4.78 is 10.1. The van der Waals surface area contributed by atoms with Crippen molar-refractivity contribution in [1.29, 1.82) is 0 Å². The Morgan fingerprint density at radius 2 is 2.22 bits per heavy atom. The summed E-state index contributed by atoms with van der Waals surface area (Å²) in [4.78, 5) is 0. The molecule has 2 nitrogen and oxygen atoms in total. The lowest BCUT2D eigenvalue weighted by Crippen LogP contribution is -2.13. The number of ether oxygens (including phenoxy) is 1. The van der Waals surface area contributed by atoms with Crippen LogP contribution in [0.15, 0.2) is 12.3 Å². The minimum Gasteiger partial charge on any atom is -0.410 e. The van der Waals surface area contributed by atoms with Crippen molar-refractivity contribution in [2.45, 2.75) is 6.55 Å². The molecule has 0 aliphatic heterocycles. The third-order valence-corrected chi connectivity index (χ3v) is 2.14. The first-order valence-corrected chi connectivity index (χ1v) is 4.87. The first-order chi connectivity index (χ1) is 4.31. The zero-order valence-corrected chi connectivity index (χ0v) is 7.02. The average molecular weight is 145 g/mol. The van der Waals surface area contributed by atoms with Crippen molar-refractivity contribution in [3.8, 4) is 0 Å². The van der Waals surface area contributed by atoms with E-state index in [4.69, 9.17) is 9.16 Å². The fraction of sp³-hybridized carbons (Fsp3) is 0.667. The highest BCUT2D eigenvalue weighted by Gasteiger charge is 1.96. The minimum atomic E-state index is -0.718. The first kappa shape index (κ1) is 8.88. The van der Waals surface area contributed by atoms with Crippen molar-refractivity contribution >= 4 is 9.04 Å². The van der Waals surface area contributed by atoms with E-state index < -0.39 is 9.04 Å². The van der Waals surface area contributed by atoms with Gasteiger partial charge in [-0.1, -0.05) is 5.70 Å². The standard InChI is InChI=1S/C6H13O2Si/c1-4-9(3)8-6-5-7-2/h4H,1,5-6H2,2-3H3. The van der Waals surface area contributed by atoms with Crippen molar-refractivity contribution in [3.63, 3.8) is 0 Å². The van der Waals surface area contributed by atoms with E-state index in [1.165, 1.54) is 0 Å². The van der Waals surface area contributed by atoms with Gasteiger partial charge in [-0.15, -0.1) is 6.58 Å². The highest BCUT2D eigenvalue weighted by Crippen LogP contribution is 1.84. The van der Waals surface area contributed by atoms with Gasteiger partial charge in [0.15, 0.2) is 0 Å². The Morgan fingerprint density at radius 3 is 2.67 bits per heavy atom. The predicted octanol–water partition coefficient (Wildman–Crippen LogP) is 0.996. The fourth-order valence-corrected chi connectivity index (χ4v) is 0.868. The molecule has 0 spiro atoms. The molecular weight excluding hydrogens is 132 g/mol. The average Bonchev–Trinajstić information content (AvgIpc) is 1.89. The monoisotopic (exact) mass is 145 g/mol. The molecule has 0 fully saturated rings. The van der Waals surface area contributed by atoms with Crippen LogP contribution in [0.3, 0.4) is 0 Å². The summed E-state index contributed by atoms with van der Waals surface area (Å²) in [7, 11) is 0.948. The predicted molar refractivity (Wildman–Crippen MR) is 39.6 cm³/mol. The second-order valence-electron chi connectivity index (χ2n) is 1.66. The summed E-state index contributed by atoms with van der Waals surface area (Å²) >= 11 is 0.